The van der Waals surface area contributed by atoms with Gasteiger partial charge >= 0.3 is 22.8 Å². The number of hydrogen-bond donors (Lipinski definition) is 0. The molecular weight excluding hydrogens is 1270 g/mol. The van der Waals surface area contributed by atoms with E-state index >= 15 is 0 Å². The van der Waals surface area contributed by atoms with Crippen LogP contribution in [-0.2, 0) is 54.6 Å². The van der Waals surface area contributed by atoms with E-state index in [-0.39, 0.29) is 48.5 Å². The van der Waals surface area contributed by atoms with E-state index in [1.54, 1.807) is 79.7 Å². The largest absolute Gasteiger partial charge is 0.488 e. The normalized spacial score (nSPS) is 11.3. The number of para-hydroxylation sites is 4. The third-order valence-electron chi connectivity index (χ3n) is 12.8. The molecule has 35 heteroatoms. The van der Waals surface area contributed by atoms with E-state index < -0.39 is 23.0 Å². The Labute approximate surface area is 532 Å². The molecule has 0 aliphatic carbocycles. The smallest absolute Gasteiger partial charge is 0.368 e. The molecular formula is C56H53BrClFN24O8. The second-order valence-electron chi connectivity index (χ2n) is 19.0. The van der Waals surface area contributed by atoms with Crippen molar-refractivity contribution in [1.82, 2.24) is 120 Å². The molecule has 0 saturated carbocycles. The first-order valence-electron chi connectivity index (χ1n) is 28.5. The topological polar surface area (TPSA) is 351 Å². The maximum atomic E-state index is 14.1. The minimum absolute atomic E-state index is 0.0296. The average molecular weight is 1330 g/mol. The summed E-state index contributed by atoms with van der Waals surface area (Å²) in [5.41, 5.74) is 4.62. The van der Waals surface area contributed by atoms with Crippen molar-refractivity contribution >= 4 is 27.5 Å². The number of nitrogens with zero attached hydrogens (tertiary/aromatic N) is 24. The van der Waals surface area contributed by atoms with Crippen LogP contribution in [0.2, 0.25) is 5.15 Å². The van der Waals surface area contributed by atoms with Gasteiger partial charge in [0.2, 0.25) is 5.95 Å². The molecule has 8 heterocycles. The highest BCUT2D eigenvalue weighted by molar-refractivity contribution is 9.10. The molecule has 8 aromatic heterocycles. The minimum Gasteiger partial charge on any atom is -0.488 e. The Kier molecular flexibility index (Phi) is 19.0. The van der Waals surface area contributed by atoms with Crippen LogP contribution in [0.4, 0.5) is 4.39 Å². The molecule has 0 spiro atoms. The number of tetrazole rings is 4. The molecule has 0 amide bonds. The number of ether oxygens (including phenoxy) is 4. The standard InChI is InChI=1S/C14H13BrN6O2.C14H13ClN6O2.C14H13FN6O2.C14H14N6O2/c3*1-9-5-3-4-6-12(9)23-8-10-11(7-16-17-13(10)15)21-14(22)20(2)18-19-21;1-10-5-3-4-6-13(10)22-9-11-7-15-16-8-12(11)20-14(21)19(2)17-18-20/h3*3-7H,8H2,1-2H3;3-8H,9H2,1-2H3/i4*3T. The van der Waals surface area contributed by atoms with Crippen molar-refractivity contribution in [1.29, 1.82) is 0 Å². The van der Waals surface area contributed by atoms with Crippen LogP contribution in [0, 0.1) is 33.6 Å². The van der Waals surface area contributed by atoms with Crippen LogP contribution in [0.5, 0.6) is 23.0 Å². The second-order valence-corrected chi connectivity index (χ2v) is 20.1. The summed E-state index contributed by atoms with van der Waals surface area (Å²) in [6.45, 7) is 7.56. The summed E-state index contributed by atoms with van der Waals surface area (Å²) in [6, 6.07) is 21.6. The Morgan fingerprint density at radius 2 is 0.758 bits per heavy atom. The third-order valence-corrected chi connectivity index (χ3v) is 13.8. The van der Waals surface area contributed by atoms with Crippen LogP contribution in [0.25, 0.3) is 22.7 Å². The Morgan fingerprint density at radius 1 is 0.429 bits per heavy atom. The molecule has 0 aliphatic heterocycles. The van der Waals surface area contributed by atoms with Crippen molar-refractivity contribution < 1.29 is 28.8 Å². The molecule has 0 radical (unpaired) electrons. The van der Waals surface area contributed by atoms with E-state index in [9.17, 15) is 23.6 Å². The lowest BCUT2D eigenvalue weighted by molar-refractivity contribution is 0.294. The van der Waals surface area contributed by atoms with E-state index in [1.165, 1.54) is 59.2 Å². The van der Waals surface area contributed by atoms with Gasteiger partial charge in [0.1, 0.15) is 76.8 Å². The summed E-state index contributed by atoms with van der Waals surface area (Å²) in [7, 11) is 5.95. The highest BCUT2D eigenvalue weighted by atomic mass is 79.9. The molecule has 0 N–H and O–H groups in total. The predicted octanol–water partition coefficient (Wildman–Crippen LogP) is 4.13. The third kappa shape index (κ3) is 15.3. The maximum Gasteiger partial charge on any atom is 0.368 e. The lowest BCUT2D eigenvalue weighted by atomic mass is 10.2. The Morgan fingerprint density at radius 3 is 1.16 bits per heavy atom. The van der Waals surface area contributed by atoms with E-state index in [0.29, 0.717) is 85.5 Å². The van der Waals surface area contributed by atoms with Crippen molar-refractivity contribution in [2.24, 2.45) is 28.2 Å². The highest BCUT2D eigenvalue weighted by Crippen LogP contribution is 2.26. The summed E-state index contributed by atoms with van der Waals surface area (Å²) in [4.78, 5) is 48.1. The van der Waals surface area contributed by atoms with E-state index in [0.717, 1.165) is 59.7 Å². The van der Waals surface area contributed by atoms with Crippen molar-refractivity contribution in [2.45, 2.75) is 54.1 Å². The molecule has 91 heavy (non-hydrogen) atoms. The number of hydrogen-bond acceptors (Lipinski definition) is 24. The number of rotatable bonds is 16. The van der Waals surface area contributed by atoms with E-state index in [4.69, 9.17) is 36.0 Å². The van der Waals surface area contributed by atoms with Gasteiger partial charge < -0.3 is 18.9 Å². The van der Waals surface area contributed by atoms with Gasteiger partial charge in [-0.05, 0) is 132 Å². The Bertz CT molecular complexity index is 4640. The average Bonchev–Trinajstić information content (AvgIpc) is 1.81. The zero-order chi connectivity index (χ0) is 68.2. The molecule has 0 aliphatic rings. The lowest BCUT2D eigenvalue weighted by Gasteiger charge is -2.12. The summed E-state index contributed by atoms with van der Waals surface area (Å²) in [5, 5.41) is 59.6. The van der Waals surface area contributed by atoms with E-state index in [2.05, 4.69) is 98.4 Å². The molecule has 0 atom stereocenters. The summed E-state index contributed by atoms with van der Waals surface area (Å²) in [5.74, 6) is 1.55. The summed E-state index contributed by atoms with van der Waals surface area (Å²) >= 11 is 9.44. The number of aryl methyl sites for hydroxylation is 8. The van der Waals surface area contributed by atoms with Gasteiger partial charge in [-0.1, -0.05) is 84.3 Å². The fourth-order valence-corrected chi connectivity index (χ4v) is 8.44. The Hall–Kier alpha value is -11.4. The van der Waals surface area contributed by atoms with Crippen molar-refractivity contribution in [2.75, 3.05) is 0 Å². The molecule has 0 fully saturated rings. The van der Waals surface area contributed by atoms with Gasteiger partial charge in [-0.15, -0.1) is 15.3 Å². The Balaban J connectivity index is 0.000000149. The lowest BCUT2D eigenvalue weighted by Crippen LogP contribution is -2.24. The first kappa shape index (κ1) is 58.6. The zero-order valence-corrected chi connectivity index (χ0v) is 51.6. The predicted molar refractivity (Wildman–Crippen MR) is 323 cm³/mol. The molecule has 0 bridgehead atoms. The fraction of sp³-hybridized carbons (Fsp3) is 0.214. The van der Waals surface area contributed by atoms with E-state index in [1.807, 2.05) is 20.8 Å². The van der Waals surface area contributed by atoms with Gasteiger partial charge in [0.15, 0.2) is 5.15 Å². The monoisotopic (exact) mass is 1330 g/mol. The van der Waals surface area contributed by atoms with Gasteiger partial charge in [-0.25, -0.2) is 19.2 Å². The fourth-order valence-electron chi connectivity index (χ4n) is 7.83. The van der Waals surface area contributed by atoms with Gasteiger partial charge in [-0.3, -0.25) is 0 Å². The van der Waals surface area contributed by atoms with Crippen LogP contribution in [0.1, 0.15) is 50.0 Å². The SMILES string of the molecule is [3H]c1ccc(OCc2c(-n3nnn(C)c3=O)cnnc2Br)c(C)c1.[3H]c1ccc(OCc2c(-n3nnn(C)c3=O)cnnc2Cl)c(C)c1.[3H]c1ccc(OCc2c(-n3nnn(C)c3=O)cnnc2F)c(C)c1.[3H]c1ccc(OCc2cnncc2-n2nnn(C)c2=O)c(C)c1. The number of halogens is 3. The molecule has 12 rings (SSSR count). The first-order valence-corrected chi connectivity index (χ1v) is 27.7. The van der Waals surface area contributed by atoms with Crippen molar-refractivity contribution in [3.8, 4) is 45.7 Å². The van der Waals surface area contributed by atoms with Crippen LogP contribution >= 0.6 is 27.5 Å². The minimum atomic E-state index is -0.861. The molecule has 12 aromatic rings. The molecule has 0 unspecified atom stereocenters. The van der Waals surface area contributed by atoms with Gasteiger partial charge in [0.05, 0.1) is 53.2 Å². The van der Waals surface area contributed by atoms with Gasteiger partial charge in [-0.2, -0.15) is 67.3 Å². The second kappa shape index (κ2) is 29.5. The maximum absolute atomic E-state index is 14.1. The summed E-state index contributed by atoms with van der Waals surface area (Å²) in [6.07, 6.45) is 6.98. The molecule has 4 aromatic carbocycles. The van der Waals surface area contributed by atoms with Gasteiger partial charge in [0, 0.05) is 33.8 Å². The van der Waals surface area contributed by atoms with Crippen LogP contribution in [0.15, 0.2) is 152 Å². The van der Waals surface area contributed by atoms with Crippen LogP contribution < -0.4 is 41.7 Å². The number of benzene rings is 4. The van der Waals surface area contributed by atoms with Crippen LogP contribution in [0.3, 0.4) is 0 Å². The number of aromatic nitrogens is 24. The van der Waals surface area contributed by atoms with Crippen molar-refractivity contribution in [3.05, 3.63) is 230 Å². The van der Waals surface area contributed by atoms with Gasteiger partial charge in [0.25, 0.3) is 0 Å². The van der Waals surface area contributed by atoms with Crippen LogP contribution in [-0.4, -0.2) is 120 Å². The molecule has 0 saturated heterocycles. The molecule has 466 valence electrons. The first-order chi connectivity index (χ1) is 45.5. The highest BCUT2D eigenvalue weighted by Gasteiger charge is 2.21. The zero-order valence-electron chi connectivity index (χ0n) is 53.3. The molecule has 32 nitrogen and oxygen atoms in total. The van der Waals surface area contributed by atoms with Crippen molar-refractivity contribution in [3.63, 3.8) is 0 Å². The summed E-state index contributed by atoms with van der Waals surface area (Å²) < 4.78 is 76.4. The quantitative estimate of drug-likeness (QED) is 0.131.